The molecule has 6 heteroatoms. The van der Waals surface area contributed by atoms with Crippen molar-refractivity contribution in [2.75, 3.05) is 11.1 Å². The van der Waals surface area contributed by atoms with Crippen LogP contribution in [0.25, 0.3) is 0 Å². The molecule has 19 heavy (non-hydrogen) atoms. The zero-order valence-corrected chi connectivity index (χ0v) is 10.1. The molecule has 1 aromatic carbocycles. The number of ether oxygens (including phenoxy) is 1. The first-order chi connectivity index (χ1) is 9.22. The predicted molar refractivity (Wildman–Crippen MR) is 69.9 cm³/mol. The number of rotatable bonds is 2. The van der Waals surface area contributed by atoms with Crippen molar-refractivity contribution >= 4 is 17.3 Å². The lowest BCUT2D eigenvalue weighted by Gasteiger charge is -2.17. The largest absolute Gasteiger partial charge is 0.437 e. The molecule has 2 aromatic rings. The SMILES string of the molecule is Nc1cncnc1Oc1ccc2c(c1)CCC(=O)N2. The standard InChI is InChI=1S/C13H12N4O2/c14-10-6-15-7-16-13(10)19-9-2-3-11-8(5-9)1-4-12(18)17-11/h2-3,5-7H,1,4,14H2,(H,17,18). The van der Waals surface area contributed by atoms with Crippen LogP contribution in [0.4, 0.5) is 11.4 Å². The van der Waals surface area contributed by atoms with Gasteiger partial charge < -0.3 is 15.8 Å². The summed E-state index contributed by atoms with van der Waals surface area (Å²) in [4.78, 5) is 19.0. The lowest BCUT2D eigenvalue weighted by Crippen LogP contribution is -2.18. The third-order valence-corrected chi connectivity index (χ3v) is 2.89. The van der Waals surface area contributed by atoms with Crippen LogP contribution in [0.3, 0.4) is 0 Å². The first-order valence-corrected chi connectivity index (χ1v) is 5.88. The van der Waals surface area contributed by atoms with Gasteiger partial charge in [0.2, 0.25) is 11.8 Å². The van der Waals surface area contributed by atoms with Crippen LogP contribution in [0.15, 0.2) is 30.7 Å². The van der Waals surface area contributed by atoms with Gasteiger partial charge in [-0.05, 0) is 30.2 Å². The molecule has 0 aliphatic carbocycles. The quantitative estimate of drug-likeness (QED) is 0.854. The molecular formula is C13H12N4O2. The third-order valence-electron chi connectivity index (χ3n) is 2.89. The summed E-state index contributed by atoms with van der Waals surface area (Å²) in [5, 5.41) is 2.82. The summed E-state index contributed by atoms with van der Waals surface area (Å²) in [6, 6.07) is 5.47. The molecule has 0 spiro atoms. The average molecular weight is 256 g/mol. The van der Waals surface area contributed by atoms with Crippen molar-refractivity contribution < 1.29 is 9.53 Å². The topological polar surface area (TPSA) is 90.1 Å². The molecule has 1 aliphatic rings. The van der Waals surface area contributed by atoms with Crippen LogP contribution in [-0.4, -0.2) is 15.9 Å². The van der Waals surface area contributed by atoms with Crippen LogP contribution in [-0.2, 0) is 11.2 Å². The number of amides is 1. The summed E-state index contributed by atoms with van der Waals surface area (Å²) in [6.07, 6.45) is 4.06. The van der Waals surface area contributed by atoms with E-state index >= 15 is 0 Å². The van der Waals surface area contributed by atoms with Crippen LogP contribution < -0.4 is 15.8 Å². The minimum Gasteiger partial charge on any atom is -0.437 e. The maximum atomic E-state index is 11.3. The number of hydrogen-bond acceptors (Lipinski definition) is 5. The number of benzene rings is 1. The number of carbonyl (C=O) groups excluding carboxylic acids is 1. The Bertz CT molecular complexity index is 642. The molecule has 3 N–H and O–H groups in total. The number of aromatic nitrogens is 2. The summed E-state index contributed by atoms with van der Waals surface area (Å²) < 4.78 is 5.61. The van der Waals surface area contributed by atoms with Gasteiger partial charge >= 0.3 is 0 Å². The van der Waals surface area contributed by atoms with E-state index in [1.165, 1.54) is 12.5 Å². The monoisotopic (exact) mass is 256 g/mol. The number of nitrogens with one attached hydrogen (secondary N) is 1. The van der Waals surface area contributed by atoms with Gasteiger partial charge in [-0.3, -0.25) is 4.79 Å². The highest BCUT2D eigenvalue weighted by Crippen LogP contribution is 2.30. The van der Waals surface area contributed by atoms with Crippen molar-refractivity contribution in [1.29, 1.82) is 0 Å². The lowest BCUT2D eigenvalue weighted by molar-refractivity contribution is -0.116. The van der Waals surface area contributed by atoms with E-state index in [1.54, 1.807) is 6.07 Å². The van der Waals surface area contributed by atoms with E-state index in [0.29, 0.717) is 30.2 Å². The average Bonchev–Trinajstić information content (AvgIpc) is 2.41. The number of nitrogen functional groups attached to an aromatic ring is 1. The molecule has 1 amide bonds. The molecular weight excluding hydrogens is 244 g/mol. The second-order valence-electron chi connectivity index (χ2n) is 4.25. The Balaban J connectivity index is 1.87. The normalized spacial score (nSPS) is 13.6. The molecule has 1 aromatic heterocycles. The Morgan fingerprint density at radius 1 is 1.32 bits per heavy atom. The molecule has 2 heterocycles. The van der Waals surface area contributed by atoms with Gasteiger partial charge in [0, 0.05) is 12.1 Å². The van der Waals surface area contributed by atoms with Crippen molar-refractivity contribution in [3.05, 3.63) is 36.3 Å². The smallest absolute Gasteiger partial charge is 0.245 e. The van der Waals surface area contributed by atoms with Gasteiger partial charge in [0.15, 0.2) is 0 Å². The Morgan fingerprint density at radius 2 is 2.21 bits per heavy atom. The molecule has 1 aliphatic heterocycles. The lowest BCUT2D eigenvalue weighted by atomic mass is 10.0. The fourth-order valence-corrected chi connectivity index (χ4v) is 1.95. The second-order valence-corrected chi connectivity index (χ2v) is 4.25. The molecule has 6 nitrogen and oxygen atoms in total. The van der Waals surface area contributed by atoms with Gasteiger partial charge in [-0.25, -0.2) is 4.98 Å². The number of aryl methyl sites for hydroxylation is 1. The van der Waals surface area contributed by atoms with Gasteiger partial charge in [-0.15, -0.1) is 0 Å². The van der Waals surface area contributed by atoms with Crippen molar-refractivity contribution in [3.8, 4) is 11.6 Å². The molecule has 96 valence electrons. The minimum atomic E-state index is 0.0428. The van der Waals surface area contributed by atoms with E-state index in [4.69, 9.17) is 10.5 Å². The Kier molecular flexibility index (Phi) is 2.75. The van der Waals surface area contributed by atoms with E-state index in [-0.39, 0.29) is 5.91 Å². The van der Waals surface area contributed by atoms with Gasteiger partial charge in [0.25, 0.3) is 0 Å². The third kappa shape index (κ3) is 2.33. The molecule has 0 saturated carbocycles. The molecule has 0 radical (unpaired) electrons. The first-order valence-electron chi connectivity index (χ1n) is 5.88. The fourth-order valence-electron chi connectivity index (χ4n) is 1.95. The predicted octanol–water partition coefficient (Wildman–Crippen LogP) is 1.74. The summed E-state index contributed by atoms with van der Waals surface area (Å²) in [7, 11) is 0. The number of fused-ring (bicyclic) bond motifs is 1. The van der Waals surface area contributed by atoms with E-state index in [9.17, 15) is 4.79 Å². The minimum absolute atomic E-state index is 0.0428. The highest BCUT2D eigenvalue weighted by Gasteiger charge is 2.15. The first kappa shape index (κ1) is 11.5. The number of carbonyl (C=O) groups is 1. The molecule has 0 atom stereocenters. The summed E-state index contributed by atoms with van der Waals surface area (Å²) in [5.74, 6) is 1.01. The molecule has 0 saturated heterocycles. The maximum Gasteiger partial charge on any atom is 0.245 e. The molecule has 3 rings (SSSR count). The van der Waals surface area contributed by atoms with Gasteiger partial charge in [0.05, 0.1) is 6.20 Å². The highest BCUT2D eigenvalue weighted by atomic mass is 16.5. The number of hydrogen-bond donors (Lipinski definition) is 2. The van der Waals surface area contributed by atoms with Crippen molar-refractivity contribution in [1.82, 2.24) is 9.97 Å². The maximum absolute atomic E-state index is 11.3. The van der Waals surface area contributed by atoms with Gasteiger partial charge in [-0.2, -0.15) is 4.98 Å². The Hall–Kier alpha value is -2.63. The fraction of sp³-hybridized carbons (Fsp3) is 0.154. The number of nitrogens with two attached hydrogens (primary N) is 1. The summed E-state index contributed by atoms with van der Waals surface area (Å²) >= 11 is 0. The van der Waals surface area contributed by atoms with E-state index in [2.05, 4.69) is 15.3 Å². The van der Waals surface area contributed by atoms with Crippen LogP contribution >= 0.6 is 0 Å². The molecule has 0 fully saturated rings. The van der Waals surface area contributed by atoms with Crippen LogP contribution in [0.2, 0.25) is 0 Å². The second kappa shape index (κ2) is 4.56. The zero-order valence-electron chi connectivity index (χ0n) is 10.1. The summed E-state index contributed by atoms with van der Waals surface area (Å²) in [6.45, 7) is 0. The Morgan fingerprint density at radius 3 is 3.05 bits per heavy atom. The van der Waals surface area contributed by atoms with E-state index in [0.717, 1.165) is 11.3 Å². The van der Waals surface area contributed by atoms with Crippen molar-refractivity contribution in [2.24, 2.45) is 0 Å². The van der Waals surface area contributed by atoms with E-state index < -0.39 is 0 Å². The zero-order chi connectivity index (χ0) is 13.2. The van der Waals surface area contributed by atoms with Crippen LogP contribution in [0.1, 0.15) is 12.0 Å². The number of nitrogens with zero attached hydrogens (tertiary/aromatic N) is 2. The van der Waals surface area contributed by atoms with Gasteiger partial charge in [-0.1, -0.05) is 0 Å². The highest BCUT2D eigenvalue weighted by molar-refractivity contribution is 5.94. The van der Waals surface area contributed by atoms with E-state index in [1.807, 2.05) is 12.1 Å². The molecule has 0 unspecified atom stereocenters. The van der Waals surface area contributed by atoms with Crippen molar-refractivity contribution in [3.63, 3.8) is 0 Å². The van der Waals surface area contributed by atoms with Crippen molar-refractivity contribution in [2.45, 2.75) is 12.8 Å². The molecule has 0 bridgehead atoms. The van der Waals surface area contributed by atoms with Crippen LogP contribution in [0.5, 0.6) is 11.6 Å². The van der Waals surface area contributed by atoms with Gasteiger partial charge in [0.1, 0.15) is 17.8 Å². The number of anilines is 2. The Labute approximate surface area is 109 Å². The summed E-state index contributed by atoms with van der Waals surface area (Å²) in [5.41, 5.74) is 7.98. The van der Waals surface area contributed by atoms with Crippen LogP contribution in [0, 0.1) is 0 Å².